The van der Waals surface area contributed by atoms with Crippen molar-refractivity contribution in [2.75, 3.05) is 13.7 Å². The molecule has 2 N–H and O–H groups in total. The van der Waals surface area contributed by atoms with Crippen LogP contribution in [0.25, 0.3) is 0 Å². The van der Waals surface area contributed by atoms with Crippen molar-refractivity contribution in [2.24, 2.45) is 5.92 Å². The maximum atomic E-state index is 9.87. The van der Waals surface area contributed by atoms with Gasteiger partial charge in [0.15, 0.2) is 0 Å². The highest BCUT2D eigenvalue weighted by Gasteiger charge is 2.44. The molecule has 4 unspecified atom stereocenters. The van der Waals surface area contributed by atoms with E-state index in [0.717, 1.165) is 24.8 Å². The first kappa shape index (κ1) is 14.8. The average molecular weight is 280 g/mol. The van der Waals surface area contributed by atoms with Gasteiger partial charge in [0, 0.05) is 23.7 Å². The van der Waals surface area contributed by atoms with Crippen LogP contribution in [-0.4, -0.2) is 47.3 Å². The molecule has 3 saturated carbocycles. The summed E-state index contributed by atoms with van der Waals surface area (Å²) in [5.41, 5.74) is 0.0258. The number of aliphatic hydroxyl groups excluding tert-OH is 1. The molecule has 3 fully saturated rings. The van der Waals surface area contributed by atoms with Gasteiger partial charge in [0.1, 0.15) is 0 Å². The highest BCUT2D eigenvalue weighted by atomic mass is 16.3. The predicted octanol–water partition coefficient (Wildman–Crippen LogP) is 2.53. The third kappa shape index (κ3) is 3.05. The number of nitrogens with zero attached hydrogens (tertiary/aromatic N) is 1. The van der Waals surface area contributed by atoms with E-state index in [2.05, 4.69) is 24.2 Å². The van der Waals surface area contributed by atoms with Crippen LogP contribution in [0.1, 0.15) is 64.7 Å². The van der Waals surface area contributed by atoms with Crippen LogP contribution in [0.5, 0.6) is 0 Å². The number of rotatable bonds is 5. The molecular formula is C17H32N2O. The van der Waals surface area contributed by atoms with E-state index in [1.54, 1.807) is 0 Å². The Balaban J connectivity index is 1.60. The summed E-state index contributed by atoms with van der Waals surface area (Å²) >= 11 is 0. The Hall–Kier alpha value is -0.120. The smallest absolute Gasteiger partial charge is 0.0614 e. The van der Waals surface area contributed by atoms with Crippen LogP contribution in [0.2, 0.25) is 0 Å². The first-order valence-corrected chi connectivity index (χ1v) is 8.74. The van der Waals surface area contributed by atoms with E-state index < -0.39 is 0 Å². The van der Waals surface area contributed by atoms with Crippen LogP contribution in [-0.2, 0) is 0 Å². The van der Waals surface area contributed by atoms with Crippen molar-refractivity contribution in [3.05, 3.63) is 0 Å². The molecule has 3 nitrogen and oxygen atoms in total. The Morgan fingerprint density at radius 1 is 1.15 bits per heavy atom. The van der Waals surface area contributed by atoms with Gasteiger partial charge in [0.2, 0.25) is 0 Å². The molecule has 0 amide bonds. The van der Waals surface area contributed by atoms with Crippen molar-refractivity contribution in [2.45, 2.75) is 88.4 Å². The predicted molar refractivity (Wildman–Crippen MR) is 82.8 cm³/mol. The summed E-state index contributed by atoms with van der Waals surface area (Å²) in [7, 11) is 2.34. The number of nitrogens with one attached hydrogen (secondary N) is 1. The zero-order valence-corrected chi connectivity index (χ0v) is 13.3. The Labute approximate surface area is 124 Å². The fourth-order valence-electron chi connectivity index (χ4n) is 4.60. The molecule has 4 atom stereocenters. The molecule has 0 aromatic rings. The summed E-state index contributed by atoms with van der Waals surface area (Å²) in [6.45, 7) is 2.74. The summed E-state index contributed by atoms with van der Waals surface area (Å²) < 4.78 is 0. The first-order chi connectivity index (χ1) is 9.63. The van der Waals surface area contributed by atoms with Crippen molar-refractivity contribution in [3.63, 3.8) is 0 Å². The Morgan fingerprint density at radius 2 is 1.90 bits per heavy atom. The minimum absolute atomic E-state index is 0.0258. The van der Waals surface area contributed by atoms with Crippen molar-refractivity contribution in [1.82, 2.24) is 10.2 Å². The monoisotopic (exact) mass is 280 g/mol. The van der Waals surface area contributed by atoms with E-state index in [0.29, 0.717) is 18.7 Å². The second-order valence-corrected chi connectivity index (χ2v) is 7.75. The molecule has 3 aliphatic carbocycles. The molecule has 3 rings (SSSR count). The lowest BCUT2D eigenvalue weighted by atomic mass is 9.84. The van der Waals surface area contributed by atoms with Crippen LogP contribution in [0.4, 0.5) is 0 Å². The highest BCUT2D eigenvalue weighted by molar-refractivity contribution is 5.03. The van der Waals surface area contributed by atoms with Gasteiger partial charge in [-0.1, -0.05) is 19.8 Å². The second kappa shape index (κ2) is 5.94. The molecule has 0 aromatic carbocycles. The number of hydrogen-bond donors (Lipinski definition) is 2. The van der Waals surface area contributed by atoms with E-state index >= 15 is 0 Å². The van der Waals surface area contributed by atoms with Gasteiger partial charge in [-0.2, -0.15) is 0 Å². The molecule has 0 aromatic heterocycles. The molecule has 20 heavy (non-hydrogen) atoms. The molecule has 0 radical (unpaired) electrons. The number of aliphatic hydroxyl groups is 1. The van der Waals surface area contributed by atoms with Crippen LogP contribution < -0.4 is 5.32 Å². The van der Waals surface area contributed by atoms with Gasteiger partial charge in [-0.05, 0) is 57.9 Å². The largest absolute Gasteiger partial charge is 0.394 e. The lowest BCUT2D eigenvalue weighted by molar-refractivity contribution is 0.0873. The van der Waals surface area contributed by atoms with E-state index in [-0.39, 0.29) is 5.54 Å². The Morgan fingerprint density at radius 3 is 2.55 bits per heavy atom. The molecule has 3 aliphatic rings. The fourth-order valence-corrected chi connectivity index (χ4v) is 4.60. The van der Waals surface area contributed by atoms with E-state index in [4.69, 9.17) is 0 Å². The lowest BCUT2D eigenvalue weighted by Gasteiger charge is -2.40. The van der Waals surface area contributed by atoms with Gasteiger partial charge < -0.3 is 15.3 Å². The minimum Gasteiger partial charge on any atom is -0.394 e. The van der Waals surface area contributed by atoms with Gasteiger partial charge in [-0.15, -0.1) is 0 Å². The average Bonchev–Trinajstić information content (AvgIpc) is 3.16. The van der Waals surface area contributed by atoms with Gasteiger partial charge in [-0.3, -0.25) is 0 Å². The van der Waals surface area contributed by atoms with Crippen LogP contribution in [0.15, 0.2) is 0 Å². The third-order valence-electron chi connectivity index (χ3n) is 6.14. The summed E-state index contributed by atoms with van der Waals surface area (Å²) in [5.74, 6) is 0.842. The molecular weight excluding hydrogens is 248 g/mol. The molecule has 0 heterocycles. The van der Waals surface area contributed by atoms with Crippen LogP contribution in [0.3, 0.4) is 0 Å². The normalized spacial score (nSPS) is 42.3. The maximum absolute atomic E-state index is 9.87. The summed E-state index contributed by atoms with van der Waals surface area (Å²) in [5, 5.41) is 13.6. The van der Waals surface area contributed by atoms with Gasteiger partial charge in [0.05, 0.1) is 6.61 Å². The summed E-state index contributed by atoms with van der Waals surface area (Å²) in [6, 6.07) is 2.13. The molecule has 0 saturated heterocycles. The van der Waals surface area contributed by atoms with Crippen LogP contribution >= 0.6 is 0 Å². The minimum atomic E-state index is 0.0258. The van der Waals surface area contributed by atoms with Crippen molar-refractivity contribution >= 4 is 0 Å². The second-order valence-electron chi connectivity index (χ2n) is 7.75. The molecule has 0 spiro atoms. The maximum Gasteiger partial charge on any atom is 0.0614 e. The Kier molecular flexibility index (Phi) is 4.40. The topological polar surface area (TPSA) is 35.5 Å². The van der Waals surface area contributed by atoms with Gasteiger partial charge in [-0.25, -0.2) is 0 Å². The highest BCUT2D eigenvalue weighted by Crippen LogP contribution is 2.38. The zero-order valence-electron chi connectivity index (χ0n) is 13.3. The van der Waals surface area contributed by atoms with Crippen molar-refractivity contribution < 1.29 is 5.11 Å². The first-order valence-electron chi connectivity index (χ1n) is 8.74. The van der Waals surface area contributed by atoms with Crippen LogP contribution in [0, 0.1) is 5.92 Å². The lowest BCUT2D eigenvalue weighted by Crippen LogP contribution is -2.50. The number of hydrogen-bond acceptors (Lipinski definition) is 3. The molecule has 116 valence electrons. The molecule has 3 heteroatoms. The molecule has 0 bridgehead atoms. The molecule has 0 aliphatic heterocycles. The van der Waals surface area contributed by atoms with Gasteiger partial charge >= 0.3 is 0 Å². The van der Waals surface area contributed by atoms with E-state index in [1.165, 1.54) is 44.9 Å². The Bertz CT molecular complexity index is 331. The summed E-state index contributed by atoms with van der Waals surface area (Å²) in [6.07, 6.45) is 11.7. The third-order valence-corrected chi connectivity index (χ3v) is 6.14. The van der Waals surface area contributed by atoms with E-state index in [9.17, 15) is 5.11 Å². The van der Waals surface area contributed by atoms with Gasteiger partial charge in [0.25, 0.3) is 0 Å². The van der Waals surface area contributed by atoms with Crippen molar-refractivity contribution in [3.8, 4) is 0 Å². The summed E-state index contributed by atoms with van der Waals surface area (Å²) in [4.78, 5) is 2.66. The van der Waals surface area contributed by atoms with Crippen molar-refractivity contribution in [1.29, 1.82) is 0 Å². The quantitative estimate of drug-likeness (QED) is 0.812. The standard InChI is InChI=1S/C17H32N2O/c1-13-5-3-4-6-16(13)19(2)15-9-10-17(11-15,12-20)18-14-7-8-14/h13-16,18,20H,3-12H2,1-2H3. The fraction of sp³-hybridized carbons (Fsp3) is 1.00. The zero-order chi connectivity index (χ0) is 14.2. The SMILES string of the molecule is CC1CCCCC1N(C)C1CCC(CO)(NC2CC2)C1. The van der Waals surface area contributed by atoms with E-state index in [1.807, 2.05) is 0 Å².